The molecular weight excluding hydrogens is 228 g/mol. The number of aryl methyl sites for hydroxylation is 1. The highest BCUT2D eigenvalue weighted by Gasteiger charge is 2.15. The molecule has 17 heavy (non-hydrogen) atoms. The highest BCUT2D eigenvalue weighted by atomic mass is 32.1. The predicted octanol–water partition coefficient (Wildman–Crippen LogP) is 4.11. The topological polar surface area (TPSA) is 36.7 Å². The third kappa shape index (κ3) is 2.22. The van der Waals surface area contributed by atoms with Crippen LogP contribution in [0.1, 0.15) is 35.9 Å². The van der Waals surface area contributed by atoms with Crippen molar-refractivity contribution >= 4 is 11.3 Å². The standard InChI is InChI=1S/C14H14N2S/c1-9(2)13-12(8-15)17-14(16-13)11-7-5-4-6-10(11)3/h4-7,9H,1-3H3. The average molecular weight is 242 g/mol. The van der Waals surface area contributed by atoms with E-state index in [1.165, 1.54) is 16.9 Å². The molecule has 0 aliphatic rings. The normalized spacial score (nSPS) is 10.5. The Bertz CT molecular complexity index is 576. The zero-order chi connectivity index (χ0) is 12.4. The van der Waals surface area contributed by atoms with Gasteiger partial charge in [-0.15, -0.1) is 11.3 Å². The molecule has 1 aromatic heterocycles. The first-order chi connectivity index (χ1) is 8.13. The molecule has 0 radical (unpaired) electrons. The molecule has 0 spiro atoms. The second-order valence-corrected chi connectivity index (χ2v) is 5.31. The number of hydrogen-bond acceptors (Lipinski definition) is 3. The van der Waals surface area contributed by atoms with Crippen LogP contribution in [0.25, 0.3) is 10.6 Å². The first-order valence-electron chi connectivity index (χ1n) is 5.60. The molecule has 0 aliphatic heterocycles. The summed E-state index contributed by atoms with van der Waals surface area (Å²) in [5, 5.41) is 10.1. The Labute approximate surface area is 106 Å². The third-order valence-corrected chi connectivity index (χ3v) is 3.69. The number of aromatic nitrogens is 1. The van der Waals surface area contributed by atoms with Gasteiger partial charge in [0.05, 0.1) is 5.69 Å². The second-order valence-electron chi connectivity index (χ2n) is 4.31. The first kappa shape index (κ1) is 11.8. The number of rotatable bonds is 2. The zero-order valence-corrected chi connectivity index (χ0v) is 11.0. The van der Waals surface area contributed by atoms with Crippen LogP contribution in [0, 0.1) is 18.3 Å². The highest BCUT2D eigenvalue weighted by Crippen LogP contribution is 2.32. The van der Waals surface area contributed by atoms with Gasteiger partial charge in [-0.1, -0.05) is 38.1 Å². The Morgan fingerprint density at radius 2 is 2.00 bits per heavy atom. The lowest BCUT2D eigenvalue weighted by atomic mass is 10.1. The first-order valence-corrected chi connectivity index (χ1v) is 6.42. The van der Waals surface area contributed by atoms with Crippen LogP contribution in [0.3, 0.4) is 0 Å². The summed E-state index contributed by atoms with van der Waals surface area (Å²) in [5.41, 5.74) is 3.23. The van der Waals surface area contributed by atoms with Gasteiger partial charge in [-0.2, -0.15) is 5.26 Å². The molecule has 0 saturated carbocycles. The maximum absolute atomic E-state index is 9.12. The number of nitriles is 1. The molecule has 0 amide bonds. The molecule has 2 nitrogen and oxygen atoms in total. The van der Waals surface area contributed by atoms with Crippen molar-refractivity contribution in [2.24, 2.45) is 0 Å². The molecule has 0 fully saturated rings. The fourth-order valence-corrected chi connectivity index (χ4v) is 2.84. The summed E-state index contributed by atoms with van der Waals surface area (Å²) in [6, 6.07) is 10.4. The predicted molar refractivity (Wildman–Crippen MR) is 71.1 cm³/mol. The Morgan fingerprint density at radius 3 is 2.53 bits per heavy atom. The molecule has 3 heteroatoms. The number of benzene rings is 1. The summed E-state index contributed by atoms with van der Waals surface area (Å²) in [6.07, 6.45) is 0. The minimum atomic E-state index is 0.290. The molecule has 0 atom stereocenters. The minimum Gasteiger partial charge on any atom is -0.239 e. The number of thiazole rings is 1. The van der Waals surface area contributed by atoms with Crippen molar-refractivity contribution < 1.29 is 0 Å². The Morgan fingerprint density at radius 1 is 1.29 bits per heavy atom. The van der Waals surface area contributed by atoms with Crippen LogP contribution >= 0.6 is 11.3 Å². The van der Waals surface area contributed by atoms with E-state index in [0.29, 0.717) is 5.92 Å². The van der Waals surface area contributed by atoms with Crippen molar-refractivity contribution in [3.63, 3.8) is 0 Å². The van der Waals surface area contributed by atoms with Crippen LogP contribution in [-0.4, -0.2) is 4.98 Å². The molecule has 2 aromatic rings. The smallest absolute Gasteiger partial charge is 0.128 e. The molecule has 1 aromatic carbocycles. The molecule has 0 bridgehead atoms. The SMILES string of the molecule is Cc1ccccc1-c1nc(C(C)C)c(C#N)s1. The fourth-order valence-electron chi connectivity index (χ4n) is 1.73. The molecule has 86 valence electrons. The van der Waals surface area contributed by atoms with Crippen molar-refractivity contribution in [2.45, 2.75) is 26.7 Å². The fraction of sp³-hybridized carbons (Fsp3) is 0.286. The number of hydrogen-bond donors (Lipinski definition) is 0. The highest BCUT2D eigenvalue weighted by molar-refractivity contribution is 7.15. The quantitative estimate of drug-likeness (QED) is 0.794. The zero-order valence-electron chi connectivity index (χ0n) is 10.2. The summed E-state index contributed by atoms with van der Waals surface area (Å²) in [4.78, 5) is 5.34. The van der Waals surface area contributed by atoms with Gasteiger partial charge in [0.15, 0.2) is 0 Å². The van der Waals surface area contributed by atoms with Crippen LogP contribution < -0.4 is 0 Å². The van der Waals surface area contributed by atoms with Crippen molar-refractivity contribution in [1.82, 2.24) is 4.98 Å². The molecule has 2 rings (SSSR count). The summed E-state index contributed by atoms with van der Waals surface area (Å²) in [6.45, 7) is 6.20. The average Bonchev–Trinajstić information content (AvgIpc) is 2.73. The molecule has 1 heterocycles. The molecule has 0 N–H and O–H groups in total. The van der Waals surface area contributed by atoms with Gasteiger partial charge in [0, 0.05) is 5.56 Å². The molecule has 0 saturated heterocycles. The molecule has 0 unspecified atom stereocenters. The lowest BCUT2D eigenvalue weighted by Gasteiger charge is -2.01. The summed E-state index contributed by atoms with van der Waals surface area (Å²) < 4.78 is 0. The van der Waals surface area contributed by atoms with E-state index in [2.05, 4.69) is 44.0 Å². The van der Waals surface area contributed by atoms with Crippen molar-refractivity contribution in [2.75, 3.05) is 0 Å². The summed E-state index contributed by atoms with van der Waals surface area (Å²) in [5.74, 6) is 0.290. The third-order valence-electron chi connectivity index (χ3n) is 2.68. The largest absolute Gasteiger partial charge is 0.239 e. The Balaban J connectivity index is 2.56. The molecular formula is C14H14N2S. The second kappa shape index (κ2) is 4.68. The Kier molecular flexibility index (Phi) is 3.26. The van der Waals surface area contributed by atoms with Crippen LogP contribution in [-0.2, 0) is 0 Å². The maximum atomic E-state index is 9.12. The van der Waals surface area contributed by atoms with Gasteiger partial charge in [-0.05, 0) is 18.4 Å². The van der Waals surface area contributed by atoms with E-state index in [-0.39, 0.29) is 0 Å². The van der Waals surface area contributed by atoms with Crippen LogP contribution in [0.2, 0.25) is 0 Å². The van der Waals surface area contributed by atoms with E-state index < -0.39 is 0 Å². The van der Waals surface area contributed by atoms with Crippen LogP contribution in [0.15, 0.2) is 24.3 Å². The van der Waals surface area contributed by atoms with Gasteiger partial charge in [-0.25, -0.2) is 4.98 Å². The van der Waals surface area contributed by atoms with E-state index in [4.69, 9.17) is 5.26 Å². The lowest BCUT2D eigenvalue weighted by molar-refractivity contribution is 0.830. The van der Waals surface area contributed by atoms with E-state index in [9.17, 15) is 0 Å². The Hall–Kier alpha value is -1.66. The van der Waals surface area contributed by atoms with Crippen LogP contribution in [0.4, 0.5) is 0 Å². The van der Waals surface area contributed by atoms with Gasteiger partial charge in [0.25, 0.3) is 0 Å². The van der Waals surface area contributed by atoms with Crippen LogP contribution in [0.5, 0.6) is 0 Å². The van der Waals surface area contributed by atoms with Crippen molar-refractivity contribution in [1.29, 1.82) is 5.26 Å². The summed E-state index contributed by atoms with van der Waals surface area (Å²) >= 11 is 1.48. The minimum absolute atomic E-state index is 0.290. The summed E-state index contributed by atoms with van der Waals surface area (Å²) in [7, 11) is 0. The van der Waals surface area contributed by atoms with E-state index >= 15 is 0 Å². The van der Waals surface area contributed by atoms with Gasteiger partial charge >= 0.3 is 0 Å². The van der Waals surface area contributed by atoms with Gasteiger partial charge in [0.1, 0.15) is 16.0 Å². The maximum Gasteiger partial charge on any atom is 0.128 e. The number of nitrogens with zero attached hydrogens (tertiary/aromatic N) is 2. The van der Waals surface area contributed by atoms with E-state index in [1.54, 1.807) is 0 Å². The van der Waals surface area contributed by atoms with Crippen molar-refractivity contribution in [3.05, 3.63) is 40.4 Å². The van der Waals surface area contributed by atoms with E-state index in [0.717, 1.165) is 21.1 Å². The van der Waals surface area contributed by atoms with Gasteiger partial charge in [0.2, 0.25) is 0 Å². The van der Waals surface area contributed by atoms with E-state index in [1.807, 2.05) is 12.1 Å². The lowest BCUT2D eigenvalue weighted by Crippen LogP contribution is -1.90. The van der Waals surface area contributed by atoms with Gasteiger partial charge < -0.3 is 0 Å². The molecule has 0 aliphatic carbocycles. The van der Waals surface area contributed by atoms with Gasteiger partial charge in [-0.3, -0.25) is 0 Å². The monoisotopic (exact) mass is 242 g/mol. The van der Waals surface area contributed by atoms with Crippen molar-refractivity contribution in [3.8, 4) is 16.6 Å².